The van der Waals surface area contributed by atoms with Crippen LogP contribution in [0, 0.1) is 0 Å². The third kappa shape index (κ3) is 369. The molecule has 0 saturated carbocycles. The first-order chi connectivity index (χ1) is 3.46. The molecule has 0 aromatic rings. The van der Waals surface area contributed by atoms with Gasteiger partial charge >= 0.3 is 0 Å². The predicted octanol–water partition coefficient (Wildman–Crippen LogP) is 2.80. The number of rotatable bonds is 0. The van der Waals surface area contributed by atoms with Crippen LogP contribution in [0.15, 0.2) is 0 Å². The van der Waals surface area contributed by atoms with Crippen LogP contribution in [-0.2, 0) is 0 Å². The monoisotopic (exact) mass is 214 g/mol. The van der Waals surface area contributed by atoms with E-state index in [-0.39, 0.29) is 15.1 Å². The molecule has 0 unspecified atom stereocenters. The lowest BCUT2D eigenvalue weighted by atomic mass is 11.0. The van der Waals surface area contributed by atoms with Gasteiger partial charge in [0.15, 0.2) is 0 Å². The van der Waals surface area contributed by atoms with Gasteiger partial charge in [-0.3, -0.25) is 0 Å². The van der Waals surface area contributed by atoms with Crippen molar-refractivity contribution in [3.05, 3.63) is 0 Å². The van der Waals surface area contributed by atoms with Crippen molar-refractivity contribution >= 4 is 46.4 Å². The van der Waals surface area contributed by atoms with E-state index in [2.05, 4.69) is 0 Å². The van der Waals surface area contributed by atoms with Gasteiger partial charge in [0, 0.05) is 0 Å². The van der Waals surface area contributed by atoms with E-state index in [1.54, 1.807) is 13.8 Å². The summed E-state index contributed by atoms with van der Waals surface area (Å²) in [6, 6.07) is 0. The molecule has 0 aliphatic rings. The fraction of sp³-hybridized carbons (Fsp3) is 1.00. The summed E-state index contributed by atoms with van der Waals surface area (Å²) in [5.41, 5.74) is 0. The van der Waals surface area contributed by atoms with E-state index < -0.39 is 0 Å². The highest BCUT2D eigenvalue weighted by Gasteiger charge is 1.75. The lowest BCUT2D eigenvalue weighted by Crippen LogP contribution is -1.63. The van der Waals surface area contributed by atoms with E-state index in [1.165, 1.54) is 0 Å². The normalized spacial score (nSPS) is 8.00. The molecule has 0 bridgehead atoms. The second-order valence-corrected chi connectivity index (χ2v) is 4.10. The average molecular weight is 216 g/mol. The van der Waals surface area contributed by atoms with Gasteiger partial charge in [0.25, 0.3) is 0 Å². The number of hydrogen-bond donors (Lipinski definition) is 0. The number of halogens is 4. The maximum atomic E-state index is 5.04. The standard InChI is InChI=1S/2C2H4Cl2.H2O/c2*1-2(3)4;/h2*2H,1H3;1H2. The topological polar surface area (TPSA) is 31.5 Å². The molecular weight excluding hydrogens is 206 g/mol. The molecule has 0 aliphatic heterocycles. The van der Waals surface area contributed by atoms with Gasteiger partial charge in [-0.15, -0.1) is 46.4 Å². The summed E-state index contributed by atoms with van der Waals surface area (Å²) in [6.45, 7) is 3.40. The Balaban J connectivity index is -0.0000000720. The molecule has 60 valence electrons. The molecule has 1 nitrogen and oxygen atoms in total. The van der Waals surface area contributed by atoms with E-state index in [4.69, 9.17) is 46.4 Å². The zero-order chi connectivity index (χ0) is 7.15. The molecule has 0 amide bonds. The zero-order valence-corrected chi connectivity index (χ0v) is 8.19. The van der Waals surface area contributed by atoms with Crippen LogP contribution in [0.25, 0.3) is 0 Å². The van der Waals surface area contributed by atoms with Gasteiger partial charge in [0.05, 0.1) is 0 Å². The van der Waals surface area contributed by atoms with Gasteiger partial charge < -0.3 is 5.48 Å². The van der Waals surface area contributed by atoms with Crippen molar-refractivity contribution in [1.82, 2.24) is 0 Å². The second kappa shape index (κ2) is 11.9. The minimum atomic E-state index is -0.222. The van der Waals surface area contributed by atoms with Crippen LogP contribution in [0.4, 0.5) is 0 Å². The molecule has 9 heavy (non-hydrogen) atoms. The molecule has 5 heteroatoms. The molecule has 2 N–H and O–H groups in total. The third-order valence-electron chi connectivity index (χ3n) is 0. The van der Waals surface area contributed by atoms with Crippen LogP contribution in [0.3, 0.4) is 0 Å². The van der Waals surface area contributed by atoms with E-state index in [9.17, 15) is 0 Å². The molecule has 0 atom stereocenters. The Morgan fingerprint density at radius 1 is 0.778 bits per heavy atom. The molecular formula is C4H10Cl4O. The fourth-order valence-electron chi connectivity index (χ4n) is 0. The molecule has 0 aromatic heterocycles. The largest absolute Gasteiger partial charge is 0.412 e. The van der Waals surface area contributed by atoms with Crippen molar-refractivity contribution < 1.29 is 5.48 Å². The Hall–Kier alpha value is 1.12. The van der Waals surface area contributed by atoms with Gasteiger partial charge in [0.2, 0.25) is 0 Å². The maximum absolute atomic E-state index is 5.04. The third-order valence-corrected chi connectivity index (χ3v) is 0. The highest BCUT2D eigenvalue weighted by atomic mass is 35.5. The Kier molecular flexibility index (Phi) is 21.9. The smallest absolute Gasteiger partial charge is 0.105 e. The van der Waals surface area contributed by atoms with E-state index in [0.717, 1.165) is 0 Å². The minimum Gasteiger partial charge on any atom is -0.412 e. The zero-order valence-electron chi connectivity index (χ0n) is 5.17. The van der Waals surface area contributed by atoms with Gasteiger partial charge in [-0.2, -0.15) is 0 Å². The molecule has 0 radical (unpaired) electrons. The second-order valence-electron chi connectivity index (χ2n) is 1.04. The van der Waals surface area contributed by atoms with Crippen molar-refractivity contribution in [2.24, 2.45) is 0 Å². The summed E-state index contributed by atoms with van der Waals surface area (Å²) in [4.78, 5) is -0.444. The number of hydrogen-bond acceptors (Lipinski definition) is 0. The Morgan fingerprint density at radius 2 is 0.778 bits per heavy atom. The van der Waals surface area contributed by atoms with Crippen LogP contribution < -0.4 is 0 Å². The molecule has 0 rings (SSSR count). The summed E-state index contributed by atoms with van der Waals surface area (Å²) in [5.74, 6) is 0. The van der Waals surface area contributed by atoms with Crippen molar-refractivity contribution in [3.8, 4) is 0 Å². The highest BCUT2D eigenvalue weighted by molar-refractivity contribution is 6.44. The lowest BCUT2D eigenvalue weighted by molar-refractivity contribution is 0.824. The van der Waals surface area contributed by atoms with Crippen LogP contribution in [-0.4, -0.2) is 15.1 Å². The van der Waals surface area contributed by atoms with E-state index in [1.807, 2.05) is 0 Å². The van der Waals surface area contributed by atoms with Crippen LogP contribution >= 0.6 is 46.4 Å². The van der Waals surface area contributed by atoms with Gasteiger partial charge in [-0.25, -0.2) is 0 Å². The maximum Gasteiger partial charge on any atom is 0.105 e. The van der Waals surface area contributed by atoms with Crippen LogP contribution in [0.2, 0.25) is 0 Å². The van der Waals surface area contributed by atoms with E-state index >= 15 is 0 Å². The highest BCUT2D eigenvalue weighted by Crippen LogP contribution is 1.95. The molecule has 0 saturated heterocycles. The summed E-state index contributed by atoms with van der Waals surface area (Å²) < 4.78 is 0. The Labute approximate surface area is 75.5 Å². The van der Waals surface area contributed by atoms with Crippen LogP contribution in [0.5, 0.6) is 0 Å². The first kappa shape index (κ1) is 16.6. The molecule has 0 spiro atoms. The summed E-state index contributed by atoms with van der Waals surface area (Å²) in [6.07, 6.45) is 0. The molecule has 0 aliphatic carbocycles. The van der Waals surface area contributed by atoms with Crippen LogP contribution in [0.1, 0.15) is 13.8 Å². The molecule has 0 fully saturated rings. The SMILES string of the molecule is CC(Cl)Cl.CC(Cl)Cl.O. The quantitative estimate of drug-likeness (QED) is 0.557. The Morgan fingerprint density at radius 3 is 0.778 bits per heavy atom. The predicted molar refractivity (Wildman–Crippen MR) is 45.9 cm³/mol. The minimum absolute atomic E-state index is 0. The van der Waals surface area contributed by atoms with Crippen molar-refractivity contribution in [2.45, 2.75) is 23.5 Å². The van der Waals surface area contributed by atoms with Crippen molar-refractivity contribution in [1.29, 1.82) is 0 Å². The van der Waals surface area contributed by atoms with Crippen molar-refractivity contribution in [2.75, 3.05) is 0 Å². The number of alkyl halides is 4. The van der Waals surface area contributed by atoms with Gasteiger partial charge in [-0.05, 0) is 13.8 Å². The van der Waals surface area contributed by atoms with E-state index in [0.29, 0.717) is 0 Å². The summed E-state index contributed by atoms with van der Waals surface area (Å²) in [5, 5.41) is 0. The fourth-order valence-corrected chi connectivity index (χ4v) is 0. The lowest BCUT2D eigenvalue weighted by Gasteiger charge is -1.72. The molecule has 0 aromatic carbocycles. The average Bonchev–Trinajstić information content (AvgIpc) is 1.25. The van der Waals surface area contributed by atoms with Gasteiger partial charge in [0.1, 0.15) is 9.67 Å². The van der Waals surface area contributed by atoms with Crippen molar-refractivity contribution in [3.63, 3.8) is 0 Å². The molecule has 0 heterocycles. The Bertz CT molecular complexity index is 28.0. The van der Waals surface area contributed by atoms with Gasteiger partial charge in [-0.1, -0.05) is 0 Å². The first-order valence-corrected chi connectivity index (χ1v) is 3.77. The summed E-state index contributed by atoms with van der Waals surface area (Å²) >= 11 is 20.2. The first-order valence-electron chi connectivity index (χ1n) is 2.03. The summed E-state index contributed by atoms with van der Waals surface area (Å²) in [7, 11) is 0.